The van der Waals surface area contributed by atoms with Crippen LogP contribution < -0.4 is 0 Å². The lowest BCUT2D eigenvalue weighted by Crippen LogP contribution is -2.28. The van der Waals surface area contributed by atoms with Crippen LogP contribution in [0.25, 0.3) is 0 Å². The average Bonchev–Trinajstić information content (AvgIpc) is 2.69. The second kappa shape index (κ2) is 5.85. The standard InChI is InChI=1S/C16H21NOS/c1-4-10-16(18,14-8-6-5-7-9-14)11-15-17-12(2)13(3)19-15/h5-9,18H,4,10-11H2,1-3H3. The highest BCUT2D eigenvalue weighted by molar-refractivity contribution is 7.11. The van der Waals surface area contributed by atoms with Crippen molar-refractivity contribution < 1.29 is 5.11 Å². The molecule has 0 aliphatic rings. The van der Waals surface area contributed by atoms with Crippen molar-refractivity contribution in [2.75, 3.05) is 0 Å². The first-order chi connectivity index (χ1) is 9.05. The smallest absolute Gasteiger partial charge is 0.0963 e. The van der Waals surface area contributed by atoms with E-state index in [0.717, 1.165) is 29.1 Å². The lowest BCUT2D eigenvalue weighted by molar-refractivity contribution is 0.0268. The normalized spacial score (nSPS) is 14.3. The van der Waals surface area contributed by atoms with Crippen molar-refractivity contribution in [1.29, 1.82) is 0 Å². The molecule has 1 aromatic heterocycles. The molecular weight excluding hydrogens is 254 g/mol. The molecule has 0 aliphatic carbocycles. The molecule has 0 fully saturated rings. The fourth-order valence-corrected chi connectivity index (χ4v) is 3.40. The predicted molar refractivity (Wildman–Crippen MR) is 80.5 cm³/mol. The Balaban J connectivity index is 2.29. The van der Waals surface area contributed by atoms with Crippen molar-refractivity contribution >= 4 is 11.3 Å². The summed E-state index contributed by atoms with van der Waals surface area (Å²) in [5.74, 6) is 0. The second-order valence-electron chi connectivity index (χ2n) is 5.07. The van der Waals surface area contributed by atoms with Crippen LogP contribution in [0, 0.1) is 13.8 Å². The minimum absolute atomic E-state index is 0.601. The Morgan fingerprint density at radius 3 is 2.42 bits per heavy atom. The highest BCUT2D eigenvalue weighted by atomic mass is 32.1. The summed E-state index contributed by atoms with van der Waals surface area (Å²) in [7, 11) is 0. The number of thiazole rings is 1. The van der Waals surface area contributed by atoms with Crippen LogP contribution in [-0.2, 0) is 12.0 Å². The third kappa shape index (κ3) is 3.23. The molecule has 2 aromatic rings. The van der Waals surface area contributed by atoms with Gasteiger partial charge in [-0.05, 0) is 25.8 Å². The fourth-order valence-electron chi connectivity index (χ4n) is 2.36. The molecule has 0 saturated carbocycles. The Morgan fingerprint density at radius 1 is 1.21 bits per heavy atom. The maximum absolute atomic E-state index is 11.0. The molecule has 1 atom stereocenters. The molecule has 0 aliphatic heterocycles. The van der Waals surface area contributed by atoms with E-state index in [-0.39, 0.29) is 0 Å². The Labute approximate surface area is 119 Å². The van der Waals surface area contributed by atoms with Gasteiger partial charge >= 0.3 is 0 Å². The van der Waals surface area contributed by atoms with Gasteiger partial charge < -0.3 is 5.11 Å². The quantitative estimate of drug-likeness (QED) is 0.895. The van der Waals surface area contributed by atoms with Gasteiger partial charge in [0.15, 0.2) is 0 Å². The van der Waals surface area contributed by atoms with Gasteiger partial charge in [-0.3, -0.25) is 0 Å². The van der Waals surface area contributed by atoms with Crippen LogP contribution in [0.3, 0.4) is 0 Å². The summed E-state index contributed by atoms with van der Waals surface area (Å²) in [6.45, 7) is 6.21. The first kappa shape index (κ1) is 14.2. The van der Waals surface area contributed by atoms with Gasteiger partial charge in [0, 0.05) is 11.3 Å². The van der Waals surface area contributed by atoms with Crippen molar-refractivity contribution in [3.05, 3.63) is 51.5 Å². The summed E-state index contributed by atoms with van der Waals surface area (Å²) in [4.78, 5) is 5.80. The van der Waals surface area contributed by atoms with Gasteiger partial charge in [0.2, 0.25) is 0 Å². The maximum atomic E-state index is 11.0. The van der Waals surface area contributed by atoms with E-state index in [9.17, 15) is 5.11 Å². The summed E-state index contributed by atoms with van der Waals surface area (Å²) >= 11 is 1.69. The minimum atomic E-state index is -0.799. The Bertz CT molecular complexity index is 515. The number of aromatic nitrogens is 1. The molecule has 102 valence electrons. The van der Waals surface area contributed by atoms with Crippen molar-refractivity contribution in [3.8, 4) is 0 Å². The molecule has 2 rings (SSSR count). The number of nitrogens with zero attached hydrogens (tertiary/aromatic N) is 1. The lowest BCUT2D eigenvalue weighted by atomic mass is 9.86. The molecule has 0 saturated heterocycles. The van der Waals surface area contributed by atoms with Gasteiger partial charge in [-0.15, -0.1) is 11.3 Å². The van der Waals surface area contributed by atoms with Crippen LogP contribution in [0.5, 0.6) is 0 Å². The summed E-state index contributed by atoms with van der Waals surface area (Å²) in [5.41, 5.74) is 1.27. The van der Waals surface area contributed by atoms with Crippen molar-refractivity contribution in [1.82, 2.24) is 4.98 Å². The summed E-state index contributed by atoms with van der Waals surface area (Å²) in [6, 6.07) is 9.95. The zero-order chi connectivity index (χ0) is 13.9. The third-order valence-electron chi connectivity index (χ3n) is 3.49. The van der Waals surface area contributed by atoms with Crippen LogP contribution in [0.15, 0.2) is 30.3 Å². The Morgan fingerprint density at radius 2 is 1.89 bits per heavy atom. The van der Waals surface area contributed by atoms with Crippen molar-refractivity contribution in [2.24, 2.45) is 0 Å². The lowest BCUT2D eigenvalue weighted by Gasteiger charge is -2.27. The van der Waals surface area contributed by atoms with Crippen molar-refractivity contribution in [2.45, 2.75) is 45.6 Å². The first-order valence-electron chi connectivity index (χ1n) is 6.76. The van der Waals surface area contributed by atoms with E-state index in [2.05, 4.69) is 18.8 Å². The number of rotatable bonds is 5. The summed E-state index contributed by atoms with van der Waals surface area (Å²) in [6.07, 6.45) is 2.31. The molecule has 1 heterocycles. The van der Waals surface area contributed by atoms with Crippen LogP contribution in [0.1, 0.15) is 40.9 Å². The van der Waals surface area contributed by atoms with Crippen LogP contribution >= 0.6 is 11.3 Å². The van der Waals surface area contributed by atoms with Gasteiger partial charge in [-0.25, -0.2) is 4.98 Å². The largest absolute Gasteiger partial charge is 0.385 e. The molecule has 0 bridgehead atoms. The molecule has 0 radical (unpaired) electrons. The SMILES string of the molecule is CCCC(O)(Cc1nc(C)c(C)s1)c1ccccc1. The van der Waals surface area contributed by atoms with E-state index in [1.54, 1.807) is 11.3 Å². The summed E-state index contributed by atoms with van der Waals surface area (Å²) in [5, 5.41) is 12.0. The highest BCUT2D eigenvalue weighted by Crippen LogP contribution is 2.32. The number of benzene rings is 1. The second-order valence-corrected chi connectivity index (χ2v) is 6.36. The number of aliphatic hydroxyl groups is 1. The maximum Gasteiger partial charge on any atom is 0.0963 e. The van der Waals surface area contributed by atoms with E-state index in [4.69, 9.17) is 0 Å². The minimum Gasteiger partial charge on any atom is -0.385 e. The molecule has 1 aromatic carbocycles. The Kier molecular flexibility index (Phi) is 4.38. The molecular formula is C16H21NOS. The van der Waals surface area contributed by atoms with Gasteiger partial charge in [0.25, 0.3) is 0 Å². The van der Waals surface area contributed by atoms with E-state index in [1.807, 2.05) is 37.3 Å². The third-order valence-corrected chi connectivity index (χ3v) is 4.56. The molecule has 1 unspecified atom stereocenters. The van der Waals surface area contributed by atoms with E-state index < -0.39 is 5.60 Å². The molecule has 19 heavy (non-hydrogen) atoms. The summed E-state index contributed by atoms with van der Waals surface area (Å²) < 4.78 is 0. The fraction of sp³-hybridized carbons (Fsp3) is 0.438. The van der Waals surface area contributed by atoms with Crippen LogP contribution in [-0.4, -0.2) is 10.1 Å². The van der Waals surface area contributed by atoms with Crippen molar-refractivity contribution in [3.63, 3.8) is 0 Å². The molecule has 0 spiro atoms. The number of hydrogen-bond donors (Lipinski definition) is 1. The molecule has 2 nitrogen and oxygen atoms in total. The zero-order valence-corrected chi connectivity index (χ0v) is 12.6. The van der Waals surface area contributed by atoms with Gasteiger partial charge in [0.1, 0.15) is 0 Å². The average molecular weight is 275 g/mol. The molecule has 1 N–H and O–H groups in total. The van der Waals surface area contributed by atoms with Gasteiger partial charge in [0.05, 0.1) is 16.3 Å². The highest BCUT2D eigenvalue weighted by Gasteiger charge is 2.29. The van der Waals surface area contributed by atoms with E-state index in [1.165, 1.54) is 4.88 Å². The Hall–Kier alpha value is -1.19. The predicted octanol–water partition coefficient (Wildman–Crippen LogP) is 3.99. The monoisotopic (exact) mass is 275 g/mol. The zero-order valence-electron chi connectivity index (χ0n) is 11.8. The van der Waals surface area contributed by atoms with Crippen LogP contribution in [0.2, 0.25) is 0 Å². The first-order valence-corrected chi connectivity index (χ1v) is 7.57. The molecule has 0 amide bonds. The van der Waals surface area contributed by atoms with Crippen LogP contribution in [0.4, 0.5) is 0 Å². The number of hydrogen-bond acceptors (Lipinski definition) is 3. The number of aryl methyl sites for hydroxylation is 2. The van der Waals surface area contributed by atoms with Gasteiger partial charge in [-0.1, -0.05) is 43.7 Å². The molecule has 3 heteroatoms. The van der Waals surface area contributed by atoms with E-state index in [0.29, 0.717) is 6.42 Å². The van der Waals surface area contributed by atoms with Gasteiger partial charge in [-0.2, -0.15) is 0 Å². The van der Waals surface area contributed by atoms with E-state index >= 15 is 0 Å². The topological polar surface area (TPSA) is 33.1 Å².